The molecule has 10 heteroatoms. The molecule has 0 spiro atoms. The number of aromatic nitrogens is 2. The van der Waals surface area contributed by atoms with Crippen LogP contribution in [0, 0.1) is 13.8 Å². The molecule has 3 N–H and O–H groups in total. The number of hydrogen-bond acceptors (Lipinski definition) is 3. The molecule has 2 aromatic rings. The van der Waals surface area contributed by atoms with Gasteiger partial charge in [-0.15, -0.1) is 0 Å². The topological polar surface area (TPSA) is 96.3 Å². The number of urea groups is 1. The molecule has 2 rings (SSSR count). The third kappa shape index (κ3) is 4.78. The second kappa shape index (κ2) is 7.68. The van der Waals surface area contributed by atoms with Gasteiger partial charge in [-0.2, -0.15) is 18.3 Å². The van der Waals surface area contributed by atoms with Crippen molar-refractivity contribution in [3.8, 4) is 0 Å². The second-order valence-electron chi connectivity index (χ2n) is 6.01. The van der Waals surface area contributed by atoms with Crippen LogP contribution in [0.3, 0.4) is 0 Å². The summed E-state index contributed by atoms with van der Waals surface area (Å²) in [7, 11) is 1.53. The molecule has 1 aromatic heterocycles. The first-order valence-corrected chi connectivity index (χ1v) is 7.94. The summed E-state index contributed by atoms with van der Waals surface area (Å²) in [6.45, 7) is 2.89. The van der Waals surface area contributed by atoms with Gasteiger partial charge in [-0.1, -0.05) is 12.1 Å². The molecule has 1 unspecified atom stereocenters. The van der Waals surface area contributed by atoms with Crippen molar-refractivity contribution in [2.45, 2.75) is 32.6 Å². The molecule has 146 valence electrons. The van der Waals surface area contributed by atoms with Crippen LogP contribution in [0.4, 0.5) is 18.0 Å². The zero-order chi connectivity index (χ0) is 20.4. The number of alkyl halides is 3. The fourth-order valence-electron chi connectivity index (χ4n) is 2.66. The zero-order valence-electron chi connectivity index (χ0n) is 14.9. The van der Waals surface area contributed by atoms with Crippen LogP contribution in [0.25, 0.3) is 0 Å². The van der Waals surface area contributed by atoms with Crippen molar-refractivity contribution in [2.24, 2.45) is 7.05 Å². The Balaban J connectivity index is 2.09. The van der Waals surface area contributed by atoms with Crippen molar-refractivity contribution in [2.75, 3.05) is 0 Å². The lowest BCUT2D eigenvalue weighted by Crippen LogP contribution is -2.43. The van der Waals surface area contributed by atoms with Crippen LogP contribution < -0.4 is 10.6 Å². The molecular formula is C17H19F3N4O3. The molecule has 1 atom stereocenters. The van der Waals surface area contributed by atoms with Crippen molar-refractivity contribution in [3.05, 3.63) is 52.3 Å². The Morgan fingerprint density at radius 2 is 1.81 bits per heavy atom. The van der Waals surface area contributed by atoms with E-state index in [4.69, 9.17) is 5.11 Å². The maximum absolute atomic E-state index is 13.5. The van der Waals surface area contributed by atoms with Crippen LogP contribution in [-0.2, 0) is 13.6 Å². The first-order valence-electron chi connectivity index (χ1n) is 7.94. The highest BCUT2D eigenvalue weighted by Crippen LogP contribution is 2.35. The molecule has 0 bridgehead atoms. The number of aromatic carboxylic acids is 1. The number of amides is 2. The van der Waals surface area contributed by atoms with Crippen LogP contribution in [0.15, 0.2) is 24.3 Å². The van der Waals surface area contributed by atoms with E-state index in [1.807, 2.05) is 5.32 Å². The summed E-state index contributed by atoms with van der Waals surface area (Å²) in [4.78, 5) is 22.8. The lowest BCUT2D eigenvalue weighted by Gasteiger charge is -2.22. The SMILES string of the molecule is Cc1nn(C)c(C)c1C(NC(=O)NCc1ccc(C(=O)O)cc1)C(F)(F)F. The van der Waals surface area contributed by atoms with Gasteiger partial charge >= 0.3 is 18.2 Å². The van der Waals surface area contributed by atoms with Crippen LogP contribution >= 0.6 is 0 Å². The molecule has 27 heavy (non-hydrogen) atoms. The Labute approximate surface area is 153 Å². The number of carboxylic acids is 1. The third-order valence-corrected chi connectivity index (χ3v) is 4.11. The summed E-state index contributed by atoms with van der Waals surface area (Å²) in [5.74, 6) is -1.09. The molecule has 0 radical (unpaired) electrons. The predicted octanol–water partition coefficient (Wildman–Crippen LogP) is 2.84. The first kappa shape index (κ1) is 20.3. The lowest BCUT2D eigenvalue weighted by atomic mass is 10.0. The number of hydrogen-bond donors (Lipinski definition) is 3. The molecule has 0 saturated carbocycles. The fraction of sp³-hybridized carbons (Fsp3) is 0.353. The van der Waals surface area contributed by atoms with Crippen molar-refractivity contribution in [3.63, 3.8) is 0 Å². The van der Waals surface area contributed by atoms with Gasteiger partial charge in [0.25, 0.3) is 0 Å². The summed E-state index contributed by atoms with van der Waals surface area (Å²) < 4.78 is 41.8. The van der Waals surface area contributed by atoms with Gasteiger partial charge in [0.15, 0.2) is 6.04 Å². The van der Waals surface area contributed by atoms with Gasteiger partial charge in [0.05, 0.1) is 11.3 Å². The van der Waals surface area contributed by atoms with Crippen LogP contribution in [0.5, 0.6) is 0 Å². The Morgan fingerprint density at radius 1 is 1.22 bits per heavy atom. The van der Waals surface area contributed by atoms with Crippen LogP contribution in [0.2, 0.25) is 0 Å². The Bertz CT molecular complexity index is 844. The number of nitrogens with zero attached hydrogens (tertiary/aromatic N) is 2. The first-order chi connectivity index (χ1) is 12.5. The van der Waals surface area contributed by atoms with Gasteiger partial charge < -0.3 is 15.7 Å². The van der Waals surface area contributed by atoms with Gasteiger partial charge in [-0.25, -0.2) is 9.59 Å². The van der Waals surface area contributed by atoms with E-state index >= 15 is 0 Å². The van der Waals surface area contributed by atoms with E-state index in [-0.39, 0.29) is 23.4 Å². The number of benzene rings is 1. The number of nitrogens with one attached hydrogen (secondary N) is 2. The zero-order valence-corrected chi connectivity index (χ0v) is 14.9. The predicted molar refractivity (Wildman–Crippen MR) is 90.3 cm³/mol. The van der Waals surface area contributed by atoms with Gasteiger partial charge in [-0.3, -0.25) is 4.68 Å². The van der Waals surface area contributed by atoms with E-state index in [9.17, 15) is 22.8 Å². The number of carboxylic acid groups (broad SMARTS) is 1. The average molecular weight is 384 g/mol. The minimum absolute atomic E-state index is 0.0543. The summed E-state index contributed by atoms with van der Waals surface area (Å²) >= 11 is 0. The van der Waals surface area contributed by atoms with Crippen LogP contribution in [-0.4, -0.2) is 33.1 Å². The van der Waals surface area contributed by atoms with E-state index in [1.165, 1.54) is 49.8 Å². The van der Waals surface area contributed by atoms with Crippen molar-refractivity contribution >= 4 is 12.0 Å². The number of carbonyl (C=O) groups is 2. The number of carbonyl (C=O) groups excluding carboxylic acids is 1. The van der Waals surface area contributed by atoms with E-state index < -0.39 is 24.2 Å². The fourth-order valence-corrected chi connectivity index (χ4v) is 2.66. The molecule has 0 saturated heterocycles. The smallest absolute Gasteiger partial charge is 0.413 e. The lowest BCUT2D eigenvalue weighted by molar-refractivity contribution is -0.155. The summed E-state index contributed by atoms with van der Waals surface area (Å²) in [5, 5.41) is 17.1. The molecule has 1 aromatic carbocycles. The monoisotopic (exact) mass is 384 g/mol. The number of rotatable bonds is 5. The molecule has 1 heterocycles. The van der Waals surface area contributed by atoms with Crippen LogP contribution in [0.1, 0.15) is 38.9 Å². The minimum Gasteiger partial charge on any atom is -0.478 e. The summed E-state index contributed by atoms with van der Waals surface area (Å²) in [6, 6.07) is 2.44. The van der Waals surface area contributed by atoms with E-state index in [2.05, 4.69) is 10.4 Å². The van der Waals surface area contributed by atoms with Gasteiger partial charge in [0.2, 0.25) is 0 Å². The quantitative estimate of drug-likeness (QED) is 0.739. The van der Waals surface area contributed by atoms with E-state index in [0.29, 0.717) is 11.3 Å². The maximum Gasteiger partial charge on any atom is 0.413 e. The van der Waals surface area contributed by atoms with E-state index in [0.717, 1.165) is 0 Å². The summed E-state index contributed by atoms with van der Waals surface area (Å²) in [6.07, 6.45) is -4.70. The highest BCUT2D eigenvalue weighted by atomic mass is 19.4. The average Bonchev–Trinajstić information content (AvgIpc) is 2.82. The number of halogens is 3. The molecular weight excluding hydrogens is 365 g/mol. The van der Waals surface area contributed by atoms with Crippen molar-refractivity contribution < 1.29 is 27.9 Å². The molecule has 0 aliphatic carbocycles. The van der Waals surface area contributed by atoms with Crippen molar-refractivity contribution in [1.29, 1.82) is 0 Å². The largest absolute Gasteiger partial charge is 0.478 e. The van der Waals surface area contributed by atoms with Gasteiger partial charge in [-0.05, 0) is 31.5 Å². The highest BCUT2D eigenvalue weighted by molar-refractivity contribution is 5.87. The number of aryl methyl sites for hydroxylation is 2. The normalized spacial score (nSPS) is 12.5. The Morgan fingerprint density at radius 3 is 2.26 bits per heavy atom. The Hall–Kier alpha value is -3.04. The molecule has 7 nitrogen and oxygen atoms in total. The van der Waals surface area contributed by atoms with Gasteiger partial charge in [0, 0.05) is 24.8 Å². The second-order valence-corrected chi connectivity index (χ2v) is 6.01. The maximum atomic E-state index is 13.5. The third-order valence-electron chi connectivity index (χ3n) is 4.11. The minimum atomic E-state index is -4.70. The highest BCUT2D eigenvalue weighted by Gasteiger charge is 2.44. The summed E-state index contributed by atoms with van der Waals surface area (Å²) in [5.41, 5.74) is 1.02. The Kier molecular flexibility index (Phi) is 5.77. The molecule has 0 aliphatic rings. The molecule has 0 fully saturated rings. The van der Waals surface area contributed by atoms with Gasteiger partial charge in [0.1, 0.15) is 0 Å². The van der Waals surface area contributed by atoms with E-state index in [1.54, 1.807) is 0 Å². The molecule has 0 aliphatic heterocycles. The molecule has 2 amide bonds. The van der Waals surface area contributed by atoms with Crippen molar-refractivity contribution in [1.82, 2.24) is 20.4 Å². The standard InChI is InChI=1S/C17H19F3N4O3/c1-9-13(10(2)24(3)23-9)14(17(18,19)20)22-16(27)21-8-11-4-6-12(7-5-11)15(25)26/h4-7,14H,8H2,1-3H3,(H,25,26)(H2,21,22,27).